The number of carbonyl (C=O) groups is 1. The number of nitro benzene ring substituents is 1. The molecule has 1 unspecified atom stereocenters. The second-order valence-electron chi connectivity index (χ2n) is 6.69. The van der Waals surface area contributed by atoms with Gasteiger partial charge in [0.1, 0.15) is 17.5 Å². The molecule has 0 bridgehead atoms. The van der Waals surface area contributed by atoms with Gasteiger partial charge in [-0.15, -0.1) is 0 Å². The average Bonchev–Trinajstić information content (AvgIpc) is 3.02. The van der Waals surface area contributed by atoms with Gasteiger partial charge in [-0.1, -0.05) is 23.2 Å². The number of halogens is 2. The molecule has 30 heavy (non-hydrogen) atoms. The largest absolute Gasteiger partial charge is 0.457 e. The Kier molecular flexibility index (Phi) is 6.28. The standard InChI is InChI=1S/C20H18Cl2N4O4/c1-11-6-16(4-5-18(11)21)30-17-8-14(7-15(9-17)26(28)29)23-20(27)13(3)25-10-19(22)12(2)24-25/h4-10,13H,1-3H3,(H,23,27). The number of ether oxygens (including phenoxy) is 1. The van der Waals surface area contributed by atoms with E-state index in [0.29, 0.717) is 21.5 Å². The monoisotopic (exact) mass is 448 g/mol. The van der Waals surface area contributed by atoms with E-state index < -0.39 is 16.9 Å². The van der Waals surface area contributed by atoms with Gasteiger partial charge < -0.3 is 10.1 Å². The highest BCUT2D eigenvalue weighted by Crippen LogP contribution is 2.31. The normalized spacial score (nSPS) is 11.8. The molecular formula is C20H18Cl2N4O4. The Hall–Kier alpha value is -3.10. The van der Waals surface area contributed by atoms with Gasteiger partial charge in [-0.2, -0.15) is 5.10 Å². The highest BCUT2D eigenvalue weighted by Gasteiger charge is 2.19. The molecule has 0 radical (unpaired) electrons. The maximum Gasteiger partial charge on any atom is 0.275 e. The minimum absolute atomic E-state index is 0.201. The van der Waals surface area contributed by atoms with Crippen LogP contribution in [0.25, 0.3) is 0 Å². The molecule has 0 saturated heterocycles. The number of benzene rings is 2. The van der Waals surface area contributed by atoms with E-state index in [1.54, 1.807) is 38.2 Å². The summed E-state index contributed by atoms with van der Waals surface area (Å²) in [5, 5.41) is 19.2. The van der Waals surface area contributed by atoms with Crippen molar-refractivity contribution in [1.82, 2.24) is 9.78 Å². The number of anilines is 1. The van der Waals surface area contributed by atoms with E-state index in [1.807, 2.05) is 6.92 Å². The van der Waals surface area contributed by atoms with Gasteiger partial charge in [-0.25, -0.2) is 0 Å². The Labute approximate surface area is 182 Å². The lowest BCUT2D eigenvalue weighted by Gasteiger charge is -2.14. The topological polar surface area (TPSA) is 99.3 Å². The summed E-state index contributed by atoms with van der Waals surface area (Å²) in [5.41, 5.74) is 1.39. The zero-order valence-electron chi connectivity index (χ0n) is 16.3. The summed E-state index contributed by atoms with van der Waals surface area (Å²) in [6.45, 7) is 5.19. The second kappa shape index (κ2) is 8.73. The van der Waals surface area contributed by atoms with Crippen molar-refractivity contribution in [3.63, 3.8) is 0 Å². The number of aryl methyl sites for hydroxylation is 2. The first-order valence-corrected chi connectivity index (χ1v) is 9.65. The number of non-ortho nitro benzene ring substituents is 1. The van der Waals surface area contributed by atoms with Crippen molar-refractivity contribution in [2.24, 2.45) is 0 Å². The van der Waals surface area contributed by atoms with Crippen LogP contribution in [0.5, 0.6) is 11.5 Å². The van der Waals surface area contributed by atoms with Crippen LogP contribution in [0.15, 0.2) is 42.6 Å². The molecule has 0 fully saturated rings. The number of rotatable bonds is 6. The van der Waals surface area contributed by atoms with Gasteiger partial charge in [0, 0.05) is 23.4 Å². The number of hydrogen-bond acceptors (Lipinski definition) is 5. The Balaban J connectivity index is 1.85. The van der Waals surface area contributed by atoms with Gasteiger partial charge in [0.05, 0.1) is 27.4 Å². The van der Waals surface area contributed by atoms with Crippen molar-refractivity contribution in [3.05, 3.63) is 74.0 Å². The Morgan fingerprint density at radius 3 is 2.50 bits per heavy atom. The molecule has 0 spiro atoms. The fourth-order valence-corrected chi connectivity index (χ4v) is 2.92. The van der Waals surface area contributed by atoms with E-state index in [2.05, 4.69) is 10.4 Å². The number of nitrogens with zero attached hydrogens (tertiary/aromatic N) is 3. The van der Waals surface area contributed by atoms with Crippen LogP contribution in [0.4, 0.5) is 11.4 Å². The van der Waals surface area contributed by atoms with Crippen molar-refractivity contribution in [2.75, 3.05) is 5.32 Å². The van der Waals surface area contributed by atoms with E-state index in [-0.39, 0.29) is 17.1 Å². The Morgan fingerprint density at radius 2 is 1.90 bits per heavy atom. The number of carbonyl (C=O) groups excluding carboxylic acids is 1. The summed E-state index contributed by atoms with van der Waals surface area (Å²) in [4.78, 5) is 23.4. The molecule has 156 valence electrons. The molecule has 1 heterocycles. The first-order valence-electron chi connectivity index (χ1n) is 8.89. The van der Waals surface area contributed by atoms with E-state index in [0.717, 1.165) is 5.56 Å². The maximum atomic E-state index is 12.6. The minimum atomic E-state index is -0.682. The Bertz CT molecular complexity index is 1110. The van der Waals surface area contributed by atoms with Crippen molar-refractivity contribution in [3.8, 4) is 11.5 Å². The number of nitro groups is 1. The number of nitrogens with one attached hydrogen (secondary N) is 1. The third-order valence-electron chi connectivity index (χ3n) is 4.37. The maximum absolute atomic E-state index is 12.6. The summed E-state index contributed by atoms with van der Waals surface area (Å²) in [7, 11) is 0. The first kappa shape index (κ1) is 21.6. The number of hydrogen-bond donors (Lipinski definition) is 1. The molecule has 8 nitrogen and oxygen atoms in total. The molecule has 10 heteroatoms. The molecule has 2 aromatic carbocycles. The predicted molar refractivity (Wildman–Crippen MR) is 115 cm³/mol. The summed E-state index contributed by atoms with van der Waals surface area (Å²) < 4.78 is 7.17. The molecule has 0 aliphatic carbocycles. The lowest BCUT2D eigenvalue weighted by atomic mass is 10.2. The molecule has 1 N–H and O–H groups in total. The van der Waals surface area contributed by atoms with Crippen LogP contribution in [0, 0.1) is 24.0 Å². The van der Waals surface area contributed by atoms with Crippen molar-refractivity contribution in [2.45, 2.75) is 26.8 Å². The lowest BCUT2D eigenvalue weighted by Crippen LogP contribution is -2.24. The van der Waals surface area contributed by atoms with Crippen LogP contribution < -0.4 is 10.1 Å². The smallest absolute Gasteiger partial charge is 0.275 e. The highest BCUT2D eigenvalue weighted by atomic mass is 35.5. The summed E-state index contributed by atoms with van der Waals surface area (Å²) in [6, 6.07) is 8.39. The third kappa shape index (κ3) is 4.90. The minimum Gasteiger partial charge on any atom is -0.457 e. The molecule has 0 aliphatic rings. The summed E-state index contributed by atoms with van der Waals surface area (Å²) in [6.07, 6.45) is 1.55. The number of aromatic nitrogens is 2. The number of amides is 1. The van der Waals surface area contributed by atoms with Crippen LogP contribution >= 0.6 is 23.2 Å². The predicted octanol–water partition coefficient (Wildman–Crippen LogP) is 5.71. The molecule has 0 aliphatic heterocycles. The van der Waals surface area contributed by atoms with Crippen molar-refractivity contribution >= 4 is 40.5 Å². The van der Waals surface area contributed by atoms with E-state index in [9.17, 15) is 14.9 Å². The average molecular weight is 449 g/mol. The highest BCUT2D eigenvalue weighted by molar-refractivity contribution is 6.31. The molecule has 0 saturated carbocycles. The van der Waals surface area contributed by atoms with Crippen LogP contribution in [0.2, 0.25) is 10.0 Å². The van der Waals surface area contributed by atoms with Crippen LogP contribution in [-0.4, -0.2) is 20.6 Å². The van der Waals surface area contributed by atoms with E-state index in [1.165, 1.54) is 22.9 Å². The van der Waals surface area contributed by atoms with Gasteiger partial charge in [0.15, 0.2) is 0 Å². The van der Waals surface area contributed by atoms with Gasteiger partial charge >= 0.3 is 0 Å². The van der Waals surface area contributed by atoms with Gasteiger partial charge in [0.2, 0.25) is 5.91 Å². The molecule has 1 aromatic heterocycles. The van der Waals surface area contributed by atoms with E-state index >= 15 is 0 Å². The van der Waals surface area contributed by atoms with Gasteiger partial charge in [-0.3, -0.25) is 19.6 Å². The molecule has 3 aromatic rings. The zero-order chi connectivity index (χ0) is 22.0. The lowest BCUT2D eigenvalue weighted by molar-refractivity contribution is -0.384. The molecule has 3 rings (SSSR count). The zero-order valence-corrected chi connectivity index (χ0v) is 17.9. The van der Waals surface area contributed by atoms with Crippen molar-refractivity contribution < 1.29 is 14.5 Å². The molecule has 1 amide bonds. The SMILES string of the molecule is Cc1cc(Oc2cc(NC(=O)C(C)n3cc(Cl)c(C)n3)cc([N+](=O)[O-])c2)ccc1Cl. The van der Waals surface area contributed by atoms with Crippen LogP contribution in [0.3, 0.4) is 0 Å². The first-order chi connectivity index (χ1) is 14.1. The second-order valence-corrected chi connectivity index (χ2v) is 7.51. The molecular weight excluding hydrogens is 431 g/mol. The van der Waals surface area contributed by atoms with E-state index in [4.69, 9.17) is 27.9 Å². The van der Waals surface area contributed by atoms with Crippen LogP contribution in [-0.2, 0) is 4.79 Å². The summed E-state index contributed by atoms with van der Waals surface area (Å²) >= 11 is 12.0. The van der Waals surface area contributed by atoms with Crippen molar-refractivity contribution in [1.29, 1.82) is 0 Å². The fraction of sp³-hybridized carbons (Fsp3) is 0.200. The quantitative estimate of drug-likeness (QED) is 0.384. The molecule has 1 atom stereocenters. The Morgan fingerprint density at radius 1 is 1.17 bits per heavy atom. The fourth-order valence-electron chi connectivity index (χ4n) is 2.66. The van der Waals surface area contributed by atoms with Gasteiger partial charge in [0.25, 0.3) is 5.69 Å². The third-order valence-corrected chi connectivity index (χ3v) is 5.16. The van der Waals surface area contributed by atoms with Gasteiger partial charge in [-0.05, 0) is 44.5 Å². The summed E-state index contributed by atoms with van der Waals surface area (Å²) in [5.74, 6) is 0.250. The van der Waals surface area contributed by atoms with Crippen LogP contribution in [0.1, 0.15) is 24.2 Å².